The molecule has 1 aromatic rings. The van der Waals surface area contributed by atoms with E-state index >= 15 is 0 Å². The van der Waals surface area contributed by atoms with Gasteiger partial charge in [0, 0.05) is 12.5 Å². The second kappa shape index (κ2) is 9.21. The summed E-state index contributed by atoms with van der Waals surface area (Å²) in [4.78, 5) is 27.7. The van der Waals surface area contributed by atoms with Gasteiger partial charge < -0.3 is 5.32 Å². The molecular weight excluding hydrogens is 348 g/mol. The van der Waals surface area contributed by atoms with Crippen molar-refractivity contribution in [1.82, 2.24) is 10.2 Å². The van der Waals surface area contributed by atoms with Gasteiger partial charge in [-0.15, -0.1) is 0 Å². The van der Waals surface area contributed by atoms with Crippen molar-refractivity contribution in [2.45, 2.75) is 71.9 Å². The van der Waals surface area contributed by atoms with Gasteiger partial charge in [0.15, 0.2) is 0 Å². The molecule has 1 aromatic carbocycles. The number of amides is 1. The summed E-state index contributed by atoms with van der Waals surface area (Å²) in [5.41, 5.74) is 1.44. The standard InChI is InChI=1S/C24H36N2O2/c1-24(2,3)20-13-11-19(12-14-20)22(27)17-26-15-7-10-21(26)23(28)25-16-18-8-5-4-6-9-18/h4-6,8-9,19-21H,7,10-17H2,1-3H3,(H,25,28)/t19?,20?,21-/m0/s1. The quantitative estimate of drug-likeness (QED) is 0.800. The predicted molar refractivity (Wildman–Crippen MR) is 113 cm³/mol. The molecule has 0 radical (unpaired) electrons. The number of carbonyl (C=O) groups is 2. The highest BCUT2D eigenvalue weighted by Crippen LogP contribution is 2.40. The molecule has 1 aliphatic heterocycles. The van der Waals surface area contributed by atoms with E-state index in [1.807, 2.05) is 30.3 Å². The van der Waals surface area contributed by atoms with Gasteiger partial charge in [0.1, 0.15) is 5.78 Å². The Morgan fingerprint density at radius 1 is 1.04 bits per heavy atom. The van der Waals surface area contributed by atoms with E-state index in [9.17, 15) is 9.59 Å². The lowest BCUT2D eigenvalue weighted by atomic mass is 9.69. The average Bonchev–Trinajstić information content (AvgIpc) is 3.14. The van der Waals surface area contributed by atoms with Crippen LogP contribution in [0.5, 0.6) is 0 Å². The number of nitrogens with one attached hydrogen (secondary N) is 1. The molecule has 0 spiro atoms. The molecule has 1 amide bonds. The number of carbonyl (C=O) groups excluding carboxylic acids is 2. The SMILES string of the molecule is CC(C)(C)C1CCC(C(=O)CN2CCC[C@H]2C(=O)NCc2ccccc2)CC1. The van der Waals surface area contributed by atoms with E-state index in [-0.39, 0.29) is 17.9 Å². The maximum Gasteiger partial charge on any atom is 0.237 e. The molecule has 1 heterocycles. The molecule has 4 heteroatoms. The highest BCUT2D eigenvalue weighted by molar-refractivity contribution is 5.86. The van der Waals surface area contributed by atoms with Crippen molar-refractivity contribution in [3.8, 4) is 0 Å². The van der Waals surface area contributed by atoms with Crippen molar-refractivity contribution in [1.29, 1.82) is 0 Å². The van der Waals surface area contributed by atoms with Crippen LogP contribution < -0.4 is 5.32 Å². The molecule has 154 valence electrons. The molecule has 4 nitrogen and oxygen atoms in total. The van der Waals surface area contributed by atoms with E-state index in [4.69, 9.17) is 0 Å². The smallest absolute Gasteiger partial charge is 0.237 e. The number of hydrogen-bond donors (Lipinski definition) is 1. The van der Waals surface area contributed by atoms with E-state index in [1.54, 1.807) is 0 Å². The van der Waals surface area contributed by atoms with E-state index in [0.29, 0.717) is 24.3 Å². The van der Waals surface area contributed by atoms with Crippen LogP contribution in [-0.2, 0) is 16.1 Å². The van der Waals surface area contributed by atoms with Crippen LogP contribution in [0.4, 0.5) is 0 Å². The maximum atomic E-state index is 12.9. The van der Waals surface area contributed by atoms with Gasteiger partial charge in [-0.25, -0.2) is 0 Å². The molecule has 0 bridgehead atoms. The van der Waals surface area contributed by atoms with E-state index in [2.05, 4.69) is 31.0 Å². The van der Waals surface area contributed by atoms with Gasteiger partial charge in [0.25, 0.3) is 0 Å². The lowest BCUT2D eigenvalue weighted by Crippen LogP contribution is -2.46. The number of ketones is 1. The van der Waals surface area contributed by atoms with Gasteiger partial charge in [0.2, 0.25) is 5.91 Å². The molecule has 28 heavy (non-hydrogen) atoms. The zero-order chi connectivity index (χ0) is 20.1. The van der Waals surface area contributed by atoms with Crippen molar-refractivity contribution in [3.63, 3.8) is 0 Å². The van der Waals surface area contributed by atoms with Crippen LogP contribution in [-0.4, -0.2) is 35.7 Å². The monoisotopic (exact) mass is 384 g/mol. The Kier molecular flexibility index (Phi) is 6.92. The second-order valence-corrected chi connectivity index (χ2v) is 9.71. The van der Waals surface area contributed by atoms with E-state index in [0.717, 1.165) is 56.6 Å². The van der Waals surface area contributed by atoms with Crippen molar-refractivity contribution >= 4 is 11.7 Å². The molecular formula is C24H36N2O2. The first kappa shape index (κ1) is 21.0. The fourth-order valence-electron chi connectivity index (χ4n) is 4.83. The van der Waals surface area contributed by atoms with Crippen LogP contribution in [0.1, 0.15) is 64.9 Å². The molecule has 0 aromatic heterocycles. The Morgan fingerprint density at radius 3 is 2.36 bits per heavy atom. The van der Waals surface area contributed by atoms with Crippen LogP contribution in [0.15, 0.2) is 30.3 Å². The minimum atomic E-state index is -0.154. The van der Waals surface area contributed by atoms with Crippen molar-refractivity contribution in [2.24, 2.45) is 17.3 Å². The maximum absolute atomic E-state index is 12.9. The molecule has 1 saturated heterocycles. The van der Waals surface area contributed by atoms with Crippen molar-refractivity contribution < 1.29 is 9.59 Å². The van der Waals surface area contributed by atoms with E-state index in [1.165, 1.54) is 0 Å². The summed E-state index contributed by atoms with van der Waals surface area (Å²) in [5, 5.41) is 3.05. The number of Topliss-reactive ketones (excluding diaryl/α,β-unsaturated/α-hetero) is 1. The minimum Gasteiger partial charge on any atom is -0.351 e. The number of nitrogens with zero attached hydrogens (tertiary/aromatic N) is 1. The first-order valence-electron chi connectivity index (χ1n) is 10.9. The fourth-order valence-corrected chi connectivity index (χ4v) is 4.83. The summed E-state index contributed by atoms with van der Waals surface area (Å²) in [6.45, 7) is 8.77. The predicted octanol–water partition coefficient (Wildman–Crippen LogP) is 4.19. The summed E-state index contributed by atoms with van der Waals surface area (Å²) < 4.78 is 0. The lowest BCUT2D eigenvalue weighted by Gasteiger charge is -2.37. The molecule has 2 fully saturated rings. The first-order valence-corrected chi connectivity index (χ1v) is 10.9. The second-order valence-electron chi connectivity index (χ2n) is 9.71. The summed E-state index contributed by atoms with van der Waals surface area (Å²) in [6.07, 6.45) is 6.18. The van der Waals surface area contributed by atoms with Crippen LogP contribution in [0.3, 0.4) is 0 Å². The van der Waals surface area contributed by atoms with Crippen LogP contribution in [0.25, 0.3) is 0 Å². The van der Waals surface area contributed by atoms with Gasteiger partial charge in [-0.1, -0.05) is 51.1 Å². The Hall–Kier alpha value is -1.68. The van der Waals surface area contributed by atoms with Gasteiger partial charge in [-0.3, -0.25) is 14.5 Å². The average molecular weight is 385 g/mol. The minimum absolute atomic E-state index is 0.0607. The fraction of sp³-hybridized carbons (Fsp3) is 0.667. The molecule has 1 aliphatic carbocycles. The van der Waals surface area contributed by atoms with Gasteiger partial charge in [0.05, 0.1) is 12.6 Å². The summed E-state index contributed by atoms with van der Waals surface area (Å²) >= 11 is 0. The number of rotatable bonds is 6. The van der Waals surface area contributed by atoms with Crippen molar-refractivity contribution in [3.05, 3.63) is 35.9 Å². The van der Waals surface area contributed by atoms with E-state index < -0.39 is 0 Å². The van der Waals surface area contributed by atoms with Gasteiger partial charge in [-0.2, -0.15) is 0 Å². The van der Waals surface area contributed by atoms with Crippen LogP contribution >= 0.6 is 0 Å². The van der Waals surface area contributed by atoms with Gasteiger partial charge in [-0.05, 0) is 62.0 Å². The summed E-state index contributed by atoms with van der Waals surface area (Å²) in [7, 11) is 0. The molecule has 1 atom stereocenters. The van der Waals surface area contributed by atoms with Gasteiger partial charge >= 0.3 is 0 Å². The number of hydrogen-bond acceptors (Lipinski definition) is 3. The van der Waals surface area contributed by atoms with Crippen LogP contribution in [0, 0.1) is 17.3 Å². The molecule has 1 N–H and O–H groups in total. The first-order chi connectivity index (χ1) is 13.3. The third-order valence-corrected chi connectivity index (χ3v) is 6.74. The highest BCUT2D eigenvalue weighted by atomic mass is 16.2. The summed E-state index contributed by atoms with van der Waals surface area (Å²) in [6, 6.07) is 9.82. The Labute approximate surface area is 170 Å². The normalized spacial score (nSPS) is 26.2. The largest absolute Gasteiger partial charge is 0.351 e. The third-order valence-electron chi connectivity index (χ3n) is 6.74. The molecule has 3 rings (SSSR count). The number of likely N-dealkylation sites (tertiary alicyclic amines) is 1. The molecule has 2 aliphatic rings. The molecule has 1 saturated carbocycles. The number of benzene rings is 1. The Bertz CT molecular complexity index is 657. The zero-order valence-corrected chi connectivity index (χ0v) is 17.7. The molecule has 0 unspecified atom stereocenters. The topological polar surface area (TPSA) is 49.4 Å². The Morgan fingerprint density at radius 2 is 1.71 bits per heavy atom. The summed E-state index contributed by atoms with van der Waals surface area (Å²) in [5.74, 6) is 1.31. The lowest BCUT2D eigenvalue weighted by molar-refractivity contribution is -0.129. The van der Waals surface area contributed by atoms with Crippen molar-refractivity contribution in [2.75, 3.05) is 13.1 Å². The zero-order valence-electron chi connectivity index (χ0n) is 17.7. The Balaban J connectivity index is 1.48. The third kappa shape index (κ3) is 5.44. The highest BCUT2D eigenvalue weighted by Gasteiger charge is 2.36. The van der Waals surface area contributed by atoms with Crippen LogP contribution in [0.2, 0.25) is 0 Å².